The number of ether oxygens (including phenoxy) is 3. The number of nitrogens with one attached hydrogen (secondary N) is 1. The fraction of sp³-hybridized carbons (Fsp3) is 0.519. The molecule has 4 rings (SSSR count). The van der Waals surface area contributed by atoms with Crippen molar-refractivity contribution in [3.05, 3.63) is 60.2 Å². The second-order valence-electron chi connectivity index (χ2n) is 10.2. The van der Waals surface area contributed by atoms with Crippen molar-refractivity contribution in [3.63, 3.8) is 0 Å². The second kappa shape index (κ2) is 12.4. The summed E-state index contributed by atoms with van der Waals surface area (Å²) in [5.74, 6) is -0.105. The zero-order chi connectivity index (χ0) is 27.3. The lowest BCUT2D eigenvalue weighted by molar-refractivity contribution is -0.0907. The molecule has 2 aliphatic heterocycles. The maximum Gasteiger partial charge on any atom is 0.407 e. The molecule has 208 valence electrons. The Morgan fingerprint density at radius 2 is 1.82 bits per heavy atom. The van der Waals surface area contributed by atoms with Crippen LogP contribution in [0.25, 0.3) is 0 Å². The number of fused-ring (bicyclic) bond motifs is 1. The molecule has 1 amide bonds. The van der Waals surface area contributed by atoms with Crippen molar-refractivity contribution < 1.29 is 37.6 Å². The van der Waals surface area contributed by atoms with Gasteiger partial charge in [0, 0.05) is 13.1 Å². The van der Waals surface area contributed by atoms with Crippen LogP contribution in [0, 0.1) is 11.8 Å². The Bertz CT molecular complexity index is 1160. The van der Waals surface area contributed by atoms with Gasteiger partial charge in [-0.15, -0.1) is 0 Å². The first-order chi connectivity index (χ1) is 18.1. The number of nitrogens with zero attached hydrogens (tertiary/aromatic N) is 1. The summed E-state index contributed by atoms with van der Waals surface area (Å²) in [7, 11) is -3.98. The van der Waals surface area contributed by atoms with Gasteiger partial charge in [-0.2, -0.15) is 4.31 Å². The average molecular weight is 549 g/mol. The number of amides is 1. The molecule has 11 heteroatoms. The Morgan fingerprint density at radius 1 is 1.11 bits per heavy atom. The van der Waals surface area contributed by atoms with Gasteiger partial charge < -0.3 is 29.7 Å². The van der Waals surface area contributed by atoms with Gasteiger partial charge in [0.05, 0.1) is 36.2 Å². The molecule has 2 aromatic rings. The summed E-state index contributed by atoms with van der Waals surface area (Å²) in [5, 5.41) is 23.7. The third kappa shape index (κ3) is 7.03. The first-order valence-electron chi connectivity index (χ1n) is 12.8. The number of benzene rings is 2. The Labute approximate surface area is 223 Å². The highest BCUT2D eigenvalue weighted by Crippen LogP contribution is 2.33. The van der Waals surface area contributed by atoms with Crippen molar-refractivity contribution in [2.24, 2.45) is 11.8 Å². The van der Waals surface area contributed by atoms with E-state index in [9.17, 15) is 23.4 Å². The Morgan fingerprint density at radius 3 is 2.50 bits per heavy atom. The molecule has 38 heavy (non-hydrogen) atoms. The molecular weight excluding hydrogens is 512 g/mol. The minimum atomic E-state index is -3.98. The molecule has 0 radical (unpaired) electrons. The minimum absolute atomic E-state index is 0.00435. The van der Waals surface area contributed by atoms with Crippen LogP contribution in [-0.2, 0) is 30.7 Å². The molecule has 0 saturated carbocycles. The lowest BCUT2D eigenvalue weighted by atomic mass is 10.0. The molecule has 2 fully saturated rings. The van der Waals surface area contributed by atoms with E-state index in [2.05, 4.69) is 5.32 Å². The molecule has 2 heterocycles. The molecule has 0 spiro atoms. The van der Waals surface area contributed by atoms with Crippen molar-refractivity contribution in [2.45, 2.75) is 56.1 Å². The Hall–Kier alpha value is -2.70. The van der Waals surface area contributed by atoms with Crippen LogP contribution in [0.5, 0.6) is 5.75 Å². The smallest absolute Gasteiger partial charge is 0.407 e. The van der Waals surface area contributed by atoms with E-state index in [1.807, 2.05) is 44.2 Å². The number of rotatable bonds is 11. The number of carbonyl (C=O) groups is 1. The van der Waals surface area contributed by atoms with Gasteiger partial charge >= 0.3 is 6.09 Å². The van der Waals surface area contributed by atoms with Gasteiger partial charge in [0.25, 0.3) is 0 Å². The van der Waals surface area contributed by atoms with Crippen molar-refractivity contribution in [3.8, 4) is 5.75 Å². The number of alkyl carbamates (subject to hydrolysis) is 1. The van der Waals surface area contributed by atoms with E-state index in [1.54, 1.807) is 0 Å². The zero-order valence-corrected chi connectivity index (χ0v) is 22.4. The van der Waals surface area contributed by atoms with Gasteiger partial charge in [-0.25, -0.2) is 13.2 Å². The molecule has 0 bridgehead atoms. The average Bonchev–Trinajstić information content (AvgIpc) is 3.49. The number of carbonyl (C=O) groups excluding carboxylic acids is 1. The van der Waals surface area contributed by atoms with Gasteiger partial charge in [0.2, 0.25) is 10.0 Å². The van der Waals surface area contributed by atoms with Crippen molar-refractivity contribution in [2.75, 3.05) is 26.3 Å². The number of hydrogen-bond donors (Lipinski definition) is 3. The van der Waals surface area contributed by atoms with Crippen molar-refractivity contribution in [1.29, 1.82) is 0 Å². The predicted octanol–water partition coefficient (Wildman–Crippen LogP) is 2.50. The topological polar surface area (TPSA) is 135 Å². The molecular formula is C27H36N2O8S. The Balaban J connectivity index is 1.51. The largest absolute Gasteiger partial charge is 0.508 e. The third-order valence-electron chi connectivity index (χ3n) is 6.74. The van der Waals surface area contributed by atoms with Crippen LogP contribution in [0.15, 0.2) is 59.5 Å². The molecule has 2 aliphatic rings. The molecule has 2 saturated heterocycles. The number of phenolic OH excluding ortho intramolecular Hbond substituents is 1. The van der Waals surface area contributed by atoms with E-state index in [4.69, 9.17) is 14.2 Å². The number of phenols is 1. The van der Waals surface area contributed by atoms with E-state index >= 15 is 0 Å². The Kier molecular flexibility index (Phi) is 9.27. The fourth-order valence-corrected chi connectivity index (χ4v) is 6.42. The molecule has 5 atom stereocenters. The summed E-state index contributed by atoms with van der Waals surface area (Å²) in [6.45, 7) is 4.46. The van der Waals surface area contributed by atoms with Crippen LogP contribution < -0.4 is 5.32 Å². The van der Waals surface area contributed by atoms with Crippen LogP contribution in [0.2, 0.25) is 0 Å². The first kappa shape index (κ1) is 28.3. The maximum absolute atomic E-state index is 13.4. The number of sulfonamides is 1. The number of aliphatic hydroxyl groups is 1. The second-order valence-corrected chi connectivity index (χ2v) is 12.1. The lowest BCUT2D eigenvalue weighted by Crippen LogP contribution is -2.51. The number of aliphatic hydroxyl groups excluding tert-OH is 1. The van der Waals surface area contributed by atoms with E-state index in [0.29, 0.717) is 6.61 Å². The SMILES string of the molecule is CC(C)CN(C[C@@H](O)[C@H](Cc1ccccc1)NC(=O)OC1COC2OCCC12)S(=O)(=O)c1ccc(O)cc1. The van der Waals surface area contributed by atoms with Crippen LogP contribution in [-0.4, -0.2) is 79.9 Å². The first-order valence-corrected chi connectivity index (χ1v) is 14.3. The highest BCUT2D eigenvalue weighted by molar-refractivity contribution is 7.89. The van der Waals surface area contributed by atoms with Crippen LogP contribution in [0.3, 0.4) is 0 Å². The highest BCUT2D eigenvalue weighted by Gasteiger charge is 2.44. The number of aromatic hydroxyl groups is 1. The highest BCUT2D eigenvalue weighted by atomic mass is 32.2. The van der Waals surface area contributed by atoms with Crippen LogP contribution >= 0.6 is 0 Å². The summed E-state index contributed by atoms with van der Waals surface area (Å²) in [6.07, 6.45) is -1.77. The maximum atomic E-state index is 13.4. The zero-order valence-electron chi connectivity index (χ0n) is 21.6. The molecule has 2 aromatic carbocycles. The lowest BCUT2D eigenvalue weighted by Gasteiger charge is -2.31. The van der Waals surface area contributed by atoms with Gasteiger partial charge in [0.1, 0.15) is 11.9 Å². The number of hydrogen-bond acceptors (Lipinski definition) is 8. The van der Waals surface area contributed by atoms with E-state index in [1.165, 1.54) is 28.6 Å². The summed E-state index contributed by atoms with van der Waals surface area (Å²) in [6, 6.07) is 13.8. The molecule has 3 N–H and O–H groups in total. The predicted molar refractivity (Wildman–Crippen MR) is 139 cm³/mol. The van der Waals surface area contributed by atoms with E-state index < -0.39 is 34.4 Å². The molecule has 0 aliphatic carbocycles. The van der Waals surface area contributed by atoms with Crippen LogP contribution in [0.1, 0.15) is 25.8 Å². The van der Waals surface area contributed by atoms with Gasteiger partial charge in [-0.3, -0.25) is 0 Å². The standard InChI is InChI=1S/C27H36N2O8S/c1-18(2)15-29(38(33,34)21-10-8-20(30)9-11-21)16-24(31)23(14-19-6-4-3-5-7-19)28-27(32)37-25-17-36-26-22(25)12-13-35-26/h3-11,18,22-26,30-31H,12-17H2,1-2H3,(H,28,32)/t22?,23-,24+,25?,26?/m0/s1. The van der Waals surface area contributed by atoms with Gasteiger partial charge in [-0.05, 0) is 48.6 Å². The van der Waals surface area contributed by atoms with Crippen LogP contribution in [0.4, 0.5) is 4.79 Å². The minimum Gasteiger partial charge on any atom is -0.508 e. The summed E-state index contributed by atoms with van der Waals surface area (Å²) >= 11 is 0. The van der Waals surface area contributed by atoms with Crippen molar-refractivity contribution >= 4 is 16.1 Å². The molecule has 3 unspecified atom stereocenters. The summed E-state index contributed by atoms with van der Waals surface area (Å²) in [5.41, 5.74) is 0.863. The summed E-state index contributed by atoms with van der Waals surface area (Å²) in [4.78, 5) is 12.9. The third-order valence-corrected chi connectivity index (χ3v) is 8.59. The quantitative estimate of drug-likeness (QED) is 0.390. The van der Waals surface area contributed by atoms with E-state index in [0.717, 1.165) is 12.0 Å². The monoisotopic (exact) mass is 548 g/mol. The molecule has 10 nitrogen and oxygen atoms in total. The van der Waals surface area contributed by atoms with Gasteiger partial charge in [0.15, 0.2) is 6.29 Å². The summed E-state index contributed by atoms with van der Waals surface area (Å²) < 4.78 is 44.8. The van der Waals surface area contributed by atoms with E-state index in [-0.39, 0.29) is 54.9 Å². The van der Waals surface area contributed by atoms with Gasteiger partial charge in [-0.1, -0.05) is 44.2 Å². The normalized spacial score (nSPS) is 22.8. The fourth-order valence-electron chi connectivity index (χ4n) is 4.80. The van der Waals surface area contributed by atoms with Crippen molar-refractivity contribution in [1.82, 2.24) is 9.62 Å². The molecule has 0 aromatic heterocycles.